The van der Waals surface area contributed by atoms with E-state index < -0.39 is 0 Å². The number of nitrogens with two attached hydrogens (primary N) is 1. The highest BCUT2D eigenvalue weighted by molar-refractivity contribution is 4.92. The average Bonchev–Trinajstić information content (AvgIpc) is 3.15. The summed E-state index contributed by atoms with van der Waals surface area (Å²) in [5, 5.41) is 0. The van der Waals surface area contributed by atoms with Crippen LogP contribution in [0.25, 0.3) is 0 Å². The Morgan fingerprint density at radius 2 is 2.06 bits per heavy atom. The van der Waals surface area contributed by atoms with Gasteiger partial charge in [-0.15, -0.1) is 0 Å². The second kappa shape index (κ2) is 5.99. The summed E-state index contributed by atoms with van der Waals surface area (Å²) in [5.74, 6) is 0.984. The number of hydrogen-bond donors (Lipinski definition) is 1. The summed E-state index contributed by atoms with van der Waals surface area (Å²) in [5.41, 5.74) is 5.62. The van der Waals surface area contributed by atoms with Crippen LogP contribution in [0.15, 0.2) is 0 Å². The predicted octanol–water partition coefficient (Wildman–Crippen LogP) is 1.61. The lowest BCUT2D eigenvalue weighted by Crippen LogP contribution is -2.41. The van der Waals surface area contributed by atoms with Gasteiger partial charge in [0.2, 0.25) is 0 Å². The standard InChI is InChI=1S/C13H26N2O/c1-16-10-13(3-2-8-14)15(12-6-7-12)9-11-4-5-11/h11-13H,2-10,14H2,1H3. The zero-order valence-electron chi connectivity index (χ0n) is 10.5. The van der Waals surface area contributed by atoms with E-state index in [0.717, 1.165) is 31.5 Å². The van der Waals surface area contributed by atoms with Gasteiger partial charge in [0.15, 0.2) is 0 Å². The fourth-order valence-corrected chi connectivity index (χ4v) is 2.49. The lowest BCUT2D eigenvalue weighted by atomic mass is 10.1. The molecule has 0 aromatic rings. The fourth-order valence-electron chi connectivity index (χ4n) is 2.49. The van der Waals surface area contributed by atoms with Crippen LogP contribution in [-0.2, 0) is 4.74 Å². The third-order valence-corrected chi connectivity index (χ3v) is 3.75. The minimum absolute atomic E-state index is 0.613. The van der Waals surface area contributed by atoms with Gasteiger partial charge in [-0.1, -0.05) is 0 Å². The molecule has 2 aliphatic carbocycles. The minimum atomic E-state index is 0.613. The maximum absolute atomic E-state index is 5.62. The van der Waals surface area contributed by atoms with Crippen molar-refractivity contribution in [2.24, 2.45) is 11.7 Å². The Hall–Kier alpha value is -0.120. The van der Waals surface area contributed by atoms with E-state index >= 15 is 0 Å². The number of nitrogens with zero attached hydrogens (tertiary/aromatic N) is 1. The molecule has 1 unspecified atom stereocenters. The number of ether oxygens (including phenoxy) is 1. The highest BCUT2D eigenvalue weighted by Gasteiger charge is 2.37. The Morgan fingerprint density at radius 1 is 1.31 bits per heavy atom. The number of rotatable bonds is 9. The van der Waals surface area contributed by atoms with Gasteiger partial charge >= 0.3 is 0 Å². The highest BCUT2D eigenvalue weighted by atomic mass is 16.5. The van der Waals surface area contributed by atoms with Gasteiger partial charge in [-0.3, -0.25) is 4.90 Å². The second-order valence-electron chi connectivity index (χ2n) is 5.41. The molecular weight excluding hydrogens is 200 g/mol. The number of hydrogen-bond acceptors (Lipinski definition) is 3. The van der Waals surface area contributed by atoms with Gasteiger partial charge in [-0.2, -0.15) is 0 Å². The van der Waals surface area contributed by atoms with Crippen LogP contribution >= 0.6 is 0 Å². The number of methoxy groups -OCH3 is 1. The van der Waals surface area contributed by atoms with Crippen molar-refractivity contribution in [3.05, 3.63) is 0 Å². The molecule has 0 aromatic heterocycles. The molecule has 94 valence electrons. The average molecular weight is 226 g/mol. The smallest absolute Gasteiger partial charge is 0.0618 e. The fraction of sp³-hybridized carbons (Fsp3) is 1.00. The zero-order valence-corrected chi connectivity index (χ0v) is 10.5. The van der Waals surface area contributed by atoms with Crippen LogP contribution in [0.3, 0.4) is 0 Å². The molecule has 0 heterocycles. The van der Waals surface area contributed by atoms with Crippen LogP contribution in [0.5, 0.6) is 0 Å². The molecule has 2 rings (SSSR count). The summed E-state index contributed by atoms with van der Waals surface area (Å²) in [6.07, 6.45) is 8.01. The Bertz CT molecular complexity index is 202. The third kappa shape index (κ3) is 3.72. The molecule has 0 amide bonds. The van der Waals surface area contributed by atoms with Crippen molar-refractivity contribution in [3.8, 4) is 0 Å². The van der Waals surface area contributed by atoms with E-state index in [2.05, 4.69) is 4.90 Å². The van der Waals surface area contributed by atoms with Crippen molar-refractivity contribution in [1.82, 2.24) is 4.90 Å². The molecule has 2 saturated carbocycles. The molecule has 3 nitrogen and oxygen atoms in total. The Morgan fingerprint density at radius 3 is 2.56 bits per heavy atom. The predicted molar refractivity (Wildman–Crippen MR) is 66.4 cm³/mol. The third-order valence-electron chi connectivity index (χ3n) is 3.75. The summed E-state index contributed by atoms with van der Waals surface area (Å²) in [6.45, 7) is 2.99. The van der Waals surface area contributed by atoms with Crippen molar-refractivity contribution < 1.29 is 4.74 Å². The Balaban J connectivity index is 1.83. The second-order valence-corrected chi connectivity index (χ2v) is 5.41. The minimum Gasteiger partial charge on any atom is -0.383 e. The van der Waals surface area contributed by atoms with Crippen molar-refractivity contribution in [2.45, 2.75) is 50.6 Å². The normalized spacial score (nSPS) is 22.7. The van der Waals surface area contributed by atoms with Crippen molar-refractivity contribution in [1.29, 1.82) is 0 Å². The molecule has 0 saturated heterocycles. The van der Waals surface area contributed by atoms with E-state index in [1.807, 2.05) is 7.11 Å². The SMILES string of the molecule is COCC(CCCN)N(CC1CC1)C1CC1. The molecule has 16 heavy (non-hydrogen) atoms. The first kappa shape index (κ1) is 12.3. The Kier molecular flexibility index (Phi) is 4.62. The quantitative estimate of drug-likeness (QED) is 0.649. The van der Waals surface area contributed by atoms with Gasteiger partial charge < -0.3 is 10.5 Å². The van der Waals surface area contributed by atoms with Gasteiger partial charge in [-0.05, 0) is 51.0 Å². The first-order valence-electron chi connectivity index (χ1n) is 6.80. The van der Waals surface area contributed by atoms with Crippen molar-refractivity contribution in [2.75, 3.05) is 26.8 Å². The molecule has 0 bridgehead atoms. The van der Waals surface area contributed by atoms with Crippen LogP contribution in [0.2, 0.25) is 0 Å². The van der Waals surface area contributed by atoms with Crippen LogP contribution < -0.4 is 5.73 Å². The molecule has 0 aliphatic heterocycles. The van der Waals surface area contributed by atoms with Crippen LogP contribution in [0.4, 0.5) is 0 Å². The summed E-state index contributed by atoms with van der Waals surface area (Å²) < 4.78 is 5.38. The van der Waals surface area contributed by atoms with Gasteiger partial charge in [0.05, 0.1) is 6.61 Å². The van der Waals surface area contributed by atoms with E-state index in [1.54, 1.807) is 0 Å². The molecule has 2 fully saturated rings. The maximum atomic E-state index is 5.62. The van der Waals surface area contributed by atoms with Gasteiger partial charge in [0.25, 0.3) is 0 Å². The topological polar surface area (TPSA) is 38.5 Å². The molecule has 0 spiro atoms. The maximum Gasteiger partial charge on any atom is 0.0618 e. The molecule has 0 aromatic carbocycles. The van der Waals surface area contributed by atoms with Crippen LogP contribution in [0, 0.1) is 5.92 Å². The van der Waals surface area contributed by atoms with Crippen LogP contribution in [-0.4, -0.2) is 43.8 Å². The first-order valence-corrected chi connectivity index (χ1v) is 6.80. The summed E-state index contributed by atoms with van der Waals surface area (Å²) in [7, 11) is 1.82. The summed E-state index contributed by atoms with van der Waals surface area (Å²) in [6, 6.07) is 1.47. The summed E-state index contributed by atoms with van der Waals surface area (Å²) >= 11 is 0. The zero-order chi connectivity index (χ0) is 11.4. The monoisotopic (exact) mass is 226 g/mol. The van der Waals surface area contributed by atoms with E-state index in [9.17, 15) is 0 Å². The van der Waals surface area contributed by atoms with E-state index in [1.165, 1.54) is 38.6 Å². The molecular formula is C13H26N2O. The van der Waals surface area contributed by atoms with Crippen molar-refractivity contribution >= 4 is 0 Å². The van der Waals surface area contributed by atoms with Crippen molar-refractivity contribution in [3.63, 3.8) is 0 Å². The lowest BCUT2D eigenvalue weighted by Gasteiger charge is -2.31. The molecule has 2 aliphatic rings. The molecule has 0 radical (unpaired) electrons. The first-order chi connectivity index (χ1) is 7.85. The largest absolute Gasteiger partial charge is 0.383 e. The van der Waals surface area contributed by atoms with Gasteiger partial charge in [0.1, 0.15) is 0 Å². The van der Waals surface area contributed by atoms with E-state index in [0.29, 0.717) is 6.04 Å². The molecule has 1 atom stereocenters. The summed E-state index contributed by atoms with van der Waals surface area (Å²) in [4.78, 5) is 2.72. The molecule has 3 heteroatoms. The highest BCUT2D eigenvalue weighted by Crippen LogP contribution is 2.36. The van der Waals surface area contributed by atoms with E-state index in [-0.39, 0.29) is 0 Å². The van der Waals surface area contributed by atoms with Gasteiger partial charge in [0, 0.05) is 25.7 Å². The van der Waals surface area contributed by atoms with E-state index in [4.69, 9.17) is 10.5 Å². The lowest BCUT2D eigenvalue weighted by molar-refractivity contribution is 0.0754. The van der Waals surface area contributed by atoms with Crippen LogP contribution in [0.1, 0.15) is 38.5 Å². The van der Waals surface area contributed by atoms with Gasteiger partial charge in [-0.25, -0.2) is 0 Å². The molecule has 2 N–H and O–H groups in total. The Labute approximate surface area is 99.3 Å².